The molecule has 0 aromatic carbocycles. The number of carbonyl (C=O) groups is 4. The molecule has 0 saturated carbocycles. The van der Waals surface area contributed by atoms with Crippen molar-refractivity contribution in [2.45, 2.75) is 427 Å². The first kappa shape index (κ1) is 97.1. The molecule has 0 fully saturated rings. The van der Waals surface area contributed by atoms with Crippen LogP contribution < -0.4 is 0 Å². The molecule has 0 rings (SSSR count). The summed E-state index contributed by atoms with van der Waals surface area (Å²) in [7, 11) is -9.92. The van der Waals surface area contributed by atoms with Gasteiger partial charge < -0.3 is 33.8 Å². The molecular formula is C80H156O17P2. The number of aliphatic hydroxyl groups is 1. The Kier molecular flexibility index (Phi) is 67.8. The van der Waals surface area contributed by atoms with Gasteiger partial charge in [-0.3, -0.25) is 37.3 Å². The predicted octanol–water partition coefficient (Wildman–Crippen LogP) is 23.6. The summed E-state index contributed by atoms with van der Waals surface area (Å²) in [6.45, 7) is 14.2. The maximum absolute atomic E-state index is 13.1. The number of carbonyl (C=O) groups excluding carboxylic acids is 4. The lowest BCUT2D eigenvalue weighted by Gasteiger charge is -2.21. The molecule has 0 bridgehead atoms. The minimum absolute atomic E-state index is 0.105. The summed E-state index contributed by atoms with van der Waals surface area (Å²) in [4.78, 5) is 72.9. The maximum Gasteiger partial charge on any atom is 0.472 e. The molecular weight excluding hydrogens is 1290 g/mol. The van der Waals surface area contributed by atoms with E-state index in [1.165, 1.54) is 205 Å². The number of hydrogen-bond acceptors (Lipinski definition) is 15. The molecule has 0 aliphatic heterocycles. The normalized spacial score (nSPS) is 14.3. The second-order valence-electron chi connectivity index (χ2n) is 30.5. The highest BCUT2D eigenvalue weighted by Crippen LogP contribution is 2.45. The van der Waals surface area contributed by atoms with Crippen molar-refractivity contribution >= 4 is 39.5 Å². The van der Waals surface area contributed by atoms with Gasteiger partial charge in [-0.2, -0.15) is 0 Å². The van der Waals surface area contributed by atoms with Crippen LogP contribution in [0.2, 0.25) is 0 Å². The molecule has 17 nitrogen and oxygen atoms in total. The zero-order chi connectivity index (χ0) is 73.1. The summed E-state index contributed by atoms with van der Waals surface area (Å²) in [5, 5.41) is 10.6. The van der Waals surface area contributed by atoms with Gasteiger partial charge in [0.25, 0.3) is 0 Å². The summed E-state index contributed by atoms with van der Waals surface area (Å²) in [5.74, 6) is 0.963. The van der Waals surface area contributed by atoms with Crippen LogP contribution in [-0.4, -0.2) is 96.7 Å². The average molecular weight is 1450 g/mol. The lowest BCUT2D eigenvalue weighted by molar-refractivity contribution is -0.161. The zero-order valence-electron chi connectivity index (χ0n) is 65.1. The Morgan fingerprint density at radius 1 is 0.283 bits per heavy atom. The first-order chi connectivity index (χ1) is 47.6. The van der Waals surface area contributed by atoms with Crippen LogP contribution in [-0.2, 0) is 65.4 Å². The van der Waals surface area contributed by atoms with Crippen molar-refractivity contribution in [1.82, 2.24) is 0 Å². The van der Waals surface area contributed by atoms with E-state index in [1.807, 2.05) is 0 Å². The second kappa shape index (κ2) is 69.1. The summed E-state index contributed by atoms with van der Waals surface area (Å²) < 4.78 is 68.6. The first-order valence-corrected chi connectivity index (χ1v) is 44.2. The number of aliphatic hydroxyl groups excluding tert-OH is 1. The minimum Gasteiger partial charge on any atom is -0.462 e. The molecule has 19 heteroatoms. The van der Waals surface area contributed by atoms with Crippen LogP contribution in [0.25, 0.3) is 0 Å². The Bertz CT molecular complexity index is 1940. The van der Waals surface area contributed by atoms with Crippen LogP contribution >= 0.6 is 15.6 Å². The molecule has 0 saturated heterocycles. The number of phosphoric acid groups is 2. The number of ether oxygens (including phenoxy) is 4. The van der Waals surface area contributed by atoms with E-state index in [9.17, 15) is 43.2 Å². The Labute approximate surface area is 607 Å². The third kappa shape index (κ3) is 72.8. The molecule has 0 heterocycles. The standard InChI is InChI=1S/C80H156O17P2/c1-9-73(8)59-51-43-34-28-21-16-14-12-10-11-13-15-17-22-29-35-44-52-60-77(82)90-66-75(96-79(84)62-54-46-36-30-23-19-18-20-26-32-40-48-56-70(2)3)68-94-98(86,87)92-64-74(81)65-93-99(88,89)95-69-76(67-91-78(83)61-53-45-39-38-42-50-58-72(6)7)97-80(85)63-55-47-37-31-25-24-27-33-41-49-57-71(4)5/h70-76,81H,9-69H2,1-8H3,(H,86,87)(H,88,89)/t73?,74-,75-,76-/m1/s1. The van der Waals surface area contributed by atoms with Gasteiger partial charge in [0.2, 0.25) is 0 Å². The molecule has 588 valence electrons. The third-order valence-corrected chi connectivity index (χ3v) is 20.8. The zero-order valence-corrected chi connectivity index (χ0v) is 66.9. The lowest BCUT2D eigenvalue weighted by Crippen LogP contribution is -2.30. The Morgan fingerprint density at radius 2 is 0.485 bits per heavy atom. The number of phosphoric ester groups is 2. The van der Waals surface area contributed by atoms with Gasteiger partial charge in [0, 0.05) is 25.7 Å². The van der Waals surface area contributed by atoms with Crippen molar-refractivity contribution in [1.29, 1.82) is 0 Å². The highest BCUT2D eigenvalue weighted by Gasteiger charge is 2.30. The van der Waals surface area contributed by atoms with Crippen molar-refractivity contribution in [2.75, 3.05) is 39.6 Å². The molecule has 3 unspecified atom stereocenters. The van der Waals surface area contributed by atoms with Crippen molar-refractivity contribution in [3.63, 3.8) is 0 Å². The topological polar surface area (TPSA) is 237 Å². The third-order valence-electron chi connectivity index (χ3n) is 18.9. The van der Waals surface area contributed by atoms with Gasteiger partial charge in [0.15, 0.2) is 12.2 Å². The number of unbranched alkanes of at least 4 members (excludes halogenated alkanes) is 42. The van der Waals surface area contributed by atoms with Crippen molar-refractivity contribution in [3.8, 4) is 0 Å². The Hall–Kier alpha value is -1.94. The van der Waals surface area contributed by atoms with E-state index in [1.54, 1.807) is 0 Å². The first-order valence-electron chi connectivity index (χ1n) is 41.2. The molecule has 0 aliphatic carbocycles. The van der Waals surface area contributed by atoms with E-state index in [-0.39, 0.29) is 25.7 Å². The van der Waals surface area contributed by atoms with Gasteiger partial charge in [-0.1, -0.05) is 357 Å². The average Bonchev–Trinajstić information content (AvgIpc) is 1.06. The SMILES string of the molecule is CCC(C)CCCCCCCCCCCCCCCCCCCCC(=O)OC[C@H](COP(=O)(O)OC[C@@H](O)COP(=O)(O)OC[C@@H](COC(=O)CCCCCCCCC(C)C)OC(=O)CCCCCCCCCCCCC(C)C)OC(=O)CCCCCCCCCCCCCCC(C)C. The van der Waals surface area contributed by atoms with Crippen LogP contribution in [0.4, 0.5) is 0 Å². The van der Waals surface area contributed by atoms with E-state index in [2.05, 4.69) is 55.4 Å². The quantitative estimate of drug-likeness (QED) is 0.0222. The van der Waals surface area contributed by atoms with E-state index < -0.39 is 97.5 Å². The van der Waals surface area contributed by atoms with E-state index in [0.29, 0.717) is 31.6 Å². The number of esters is 4. The monoisotopic (exact) mass is 1450 g/mol. The molecule has 0 amide bonds. The van der Waals surface area contributed by atoms with Crippen LogP contribution in [0.3, 0.4) is 0 Å². The van der Waals surface area contributed by atoms with Gasteiger partial charge >= 0.3 is 39.5 Å². The minimum atomic E-state index is -4.96. The van der Waals surface area contributed by atoms with E-state index in [4.69, 9.17) is 37.0 Å². The van der Waals surface area contributed by atoms with Gasteiger partial charge in [0.05, 0.1) is 26.4 Å². The molecule has 6 atom stereocenters. The van der Waals surface area contributed by atoms with Crippen LogP contribution in [0.15, 0.2) is 0 Å². The fourth-order valence-electron chi connectivity index (χ4n) is 12.2. The Balaban J connectivity index is 5.18. The second-order valence-corrected chi connectivity index (χ2v) is 33.4. The smallest absolute Gasteiger partial charge is 0.462 e. The molecule has 0 aliphatic rings. The van der Waals surface area contributed by atoms with Gasteiger partial charge in [-0.25, -0.2) is 9.13 Å². The molecule has 3 N–H and O–H groups in total. The van der Waals surface area contributed by atoms with E-state index >= 15 is 0 Å². The molecule has 0 aromatic rings. The van der Waals surface area contributed by atoms with Crippen molar-refractivity contribution in [2.24, 2.45) is 23.7 Å². The van der Waals surface area contributed by atoms with Crippen molar-refractivity contribution in [3.05, 3.63) is 0 Å². The molecule has 0 aromatic heterocycles. The summed E-state index contributed by atoms with van der Waals surface area (Å²) in [5.41, 5.74) is 0. The molecule has 99 heavy (non-hydrogen) atoms. The van der Waals surface area contributed by atoms with Crippen LogP contribution in [0, 0.1) is 23.7 Å². The van der Waals surface area contributed by atoms with Crippen molar-refractivity contribution < 1.29 is 80.2 Å². The fraction of sp³-hybridized carbons (Fsp3) is 0.950. The van der Waals surface area contributed by atoms with Gasteiger partial charge in [-0.05, 0) is 49.4 Å². The molecule has 0 spiro atoms. The number of hydrogen-bond donors (Lipinski definition) is 3. The maximum atomic E-state index is 13.1. The van der Waals surface area contributed by atoms with E-state index in [0.717, 1.165) is 114 Å². The van der Waals surface area contributed by atoms with Crippen LogP contribution in [0.5, 0.6) is 0 Å². The van der Waals surface area contributed by atoms with Gasteiger partial charge in [0.1, 0.15) is 19.3 Å². The predicted molar refractivity (Wildman–Crippen MR) is 404 cm³/mol. The summed E-state index contributed by atoms with van der Waals surface area (Å²) >= 11 is 0. The largest absolute Gasteiger partial charge is 0.472 e. The summed E-state index contributed by atoms with van der Waals surface area (Å²) in [6.07, 6.45) is 55.7. The fourth-order valence-corrected chi connectivity index (χ4v) is 13.8. The highest BCUT2D eigenvalue weighted by atomic mass is 31.2. The number of rotatable bonds is 77. The summed E-state index contributed by atoms with van der Waals surface area (Å²) in [6, 6.07) is 0. The lowest BCUT2D eigenvalue weighted by atomic mass is 9.99. The molecule has 0 radical (unpaired) electrons. The Morgan fingerprint density at radius 3 is 0.717 bits per heavy atom. The highest BCUT2D eigenvalue weighted by molar-refractivity contribution is 7.47. The van der Waals surface area contributed by atoms with Gasteiger partial charge in [-0.15, -0.1) is 0 Å². The van der Waals surface area contributed by atoms with Crippen LogP contribution in [0.1, 0.15) is 409 Å².